The Balaban J connectivity index is 2.78. The number of nitrogens with zero attached hydrogens (tertiary/aromatic N) is 1. The molecule has 0 spiro atoms. The van der Waals surface area contributed by atoms with Crippen LogP contribution in [0, 0.1) is 5.41 Å². The van der Waals surface area contributed by atoms with E-state index in [0.717, 1.165) is 17.6 Å². The van der Waals surface area contributed by atoms with Crippen molar-refractivity contribution in [2.24, 2.45) is 5.41 Å². The van der Waals surface area contributed by atoms with Gasteiger partial charge in [-0.2, -0.15) is 0 Å². The molecule has 3 heteroatoms. The van der Waals surface area contributed by atoms with Gasteiger partial charge in [0.05, 0.1) is 5.69 Å². The first kappa shape index (κ1) is 17.5. The summed E-state index contributed by atoms with van der Waals surface area (Å²) >= 11 is 3.71. The zero-order valence-electron chi connectivity index (χ0n) is 14.0. The number of benzene rings is 1. The summed E-state index contributed by atoms with van der Waals surface area (Å²) in [5.74, 6) is 0. The molecule has 1 N–H and O–H groups in total. The number of anilines is 1. The normalized spacial score (nSPS) is 12.6. The van der Waals surface area contributed by atoms with Crippen molar-refractivity contribution < 1.29 is 0 Å². The molecule has 0 aliphatic carbocycles. The van der Waals surface area contributed by atoms with Gasteiger partial charge in [0.1, 0.15) is 0 Å². The molecule has 0 aliphatic rings. The monoisotopic (exact) mass is 340 g/mol. The molecule has 1 rings (SSSR count). The average Bonchev–Trinajstić information content (AvgIpc) is 2.22. The van der Waals surface area contributed by atoms with Crippen LogP contribution in [0.1, 0.15) is 47.1 Å². The highest BCUT2D eigenvalue weighted by Gasteiger charge is 2.16. The molecule has 1 aromatic carbocycles. The van der Waals surface area contributed by atoms with Crippen molar-refractivity contribution in [3.8, 4) is 0 Å². The first-order valence-corrected chi connectivity index (χ1v) is 8.02. The molecule has 0 amide bonds. The maximum atomic E-state index is 3.71. The maximum Gasteiger partial charge on any atom is 0.0508 e. The number of hydrogen-bond donors (Lipinski definition) is 1. The third-order valence-electron chi connectivity index (χ3n) is 2.96. The zero-order chi connectivity index (χ0) is 15.6. The molecule has 1 aromatic rings. The highest BCUT2D eigenvalue weighted by Crippen LogP contribution is 2.29. The Kier molecular flexibility index (Phi) is 5.68. The van der Waals surface area contributed by atoms with E-state index in [2.05, 4.69) is 92.9 Å². The molecule has 0 radical (unpaired) electrons. The predicted octanol–water partition coefficient (Wildman–Crippen LogP) is 4.82. The van der Waals surface area contributed by atoms with Gasteiger partial charge in [-0.05, 0) is 59.8 Å². The van der Waals surface area contributed by atoms with Crippen molar-refractivity contribution in [3.05, 3.63) is 28.2 Å². The Morgan fingerprint density at radius 1 is 1.10 bits per heavy atom. The van der Waals surface area contributed by atoms with Gasteiger partial charge in [0.15, 0.2) is 0 Å². The molecular formula is C17H29BrN2. The van der Waals surface area contributed by atoms with Crippen LogP contribution in [-0.2, 0) is 6.54 Å². The maximum absolute atomic E-state index is 3.71. The van der Waals surface area contributed by atoms with Crippen LogP contribution in [0.15, 0.2) is 22.7 Å². The van der Waals surface area contributed by atoms with Gasteiger partial charge >= 0.3 is 0 Å². The first-order chi connectivity index (χ1) is 8.98. The second-order valence-corrected chi connectivity index (χ2v) is 8.66. The lowest BCUT2D eigenvalue weighted by Gasteiger charge is -2.29. The predicted molar refractivity (Wildman–Crippen MR) is 93.5 cm³/mol. The molecule has 0 atom stereocenters. The van der Waals surface area contributed by atoms with Crippen LogP contribution in [0.4, 0.5) is 5.69 Å². The topological polar surface area (TPSA) is 15.3 Å². The van der Waals surface area contributed by atoms with E-state index < -0.39 is 0 Å². The summed E-state index contributed by atoms with van der Waals surface area (Å²) in [6.45, 7) is 15.3. The molecule has 0 aromatic heterocycles. The number of rotatable bonds is 4. The summed E-state index contributed by atoms with van der Waals surface area (Å²) < 4.78 is 1.16. The van der Waals surface area contributed by atoms with Gasteiger partial charge in [0.2, 0.25) is 0 Å². The molecule has 0 saturated heterocycles. The van der Waals surface area contributed by atoms with E-state index in [-0.39, 0.29) is 5.54 Å². The molecule has 20 heavy (non-hydrogen) atoms. The van der Waals surface area contributed by atoms with Crippen molar-refractivity contribution in [2.75, 3.05) is 18.5 Å². The molecular weight excluding hydrogens is 312 g/mol. The minimum atomic E-state index is 0.147. The Morgan fingerprint density at radius 2 is 1.70 bits per heavy atom. The van der Waals surface area contributed by atoms with E-state index in [9.17, 15) is 0 Å². The van der Waals surface area contributed by atoms with Crippen LogP contribution in [0.2, 0.25) is 0 Å². The summed E-state index contributed by atoms with van der Waals surface area (Å²) in [6.07, 6.45) is 0. The molecule has 114 valence electrons. The average molecular weight is 341 g/mol. The number of halogens is 1. The third kappa shape index (κ3) is 6.27. The molecule has 0 fully saturated rings. The summed E-state index contributed by atoms with van der Waals surface area (Å²) in [7, 11) is 2.15. The summed E-state index contributed by atoms with van der Waals surface area (Å²) in [4.78, 5) is 2.31. The highest BCUT2D eigenvalue weighted by molar-refractivity contribution is 9.10. The molecule has 0 bridgehead atoms. The molecule has 0 saturated carbocycles. The fourth-order valence-electron chi connectivity index (χ4n) is 2.13. The molecule has 2 nitrogen and oxygen atoms in total. The van der Waals surface area contributed by atoms with Crippen LogP contribution in [-0.4, -0.2) is 19.1 Å². The van der Waals surface area contributed by atoms with Crippen LogP contribution in [0.25, 0.3) is 0 Å². The van der Waals surface area contributed by atoms with Crippen LogP contribution >= 0.6 is 15.9 Å². The van der Waals surface area contributed by atoms with E-state index >= 15 is 0 Å². The van der Waals surface area contributed by atoms with Gasteiger partial charge < -0.3 is 10.2 Å². The van der Waals surface area contributed by atoms with Gasteiger partial charge in [0.25, 0.3) is 0 Å². The zero-order valence-corrected chi connectivity index (χ0v) is 15.6. The van der Waals surface area contributed by atoms with Crippen LogP contribution in [0.3, 0.4) is 0 Å². The lowest BCUT2D eigenvalue weighted by Crippen LogP contribution is -2.35. The second kappa shape index (κ2) is 6.48. The highest BCUT2D eigenvalue weighted by atomic mass is 79.9. The van der Waals surface area contributed by atoms with Crippen molar-refractivity contribution >= 4 is 21.6 Å². The van der Waals surface area contributed by atoms with Gasteiger partial charge in [0, 0.05) is 30.1 Å². The Labute approximate surface area is 133 Å². The van der Waals surface area contributed by atoms with Crippen molar-refractivity contribution in [1.29, 1.82) is 0 Å². The van der Waals surface area contributed by atoms with Crippen molar-refractivity contribution in [2.45, 2.75) is 53.6 Å². The van der Waals surface area contributed by atoms with E-state index in [0.29, 0.717) is 5.41 Å². The van der Waals surface area contributed by atoms with Gasteiger partial charge in [-0.15, -0.1) is 0 Å². The molecule has 0 heterocycles. The van der Waals surface area contributed by atoms with Crippen molar-refractivity contribution in [1.82, 2.24) is 5.32 Å². The standard InChI is InChI=1S/C17H29BrN2/c1-16(2,3)12-20(7)15-9-8-13(10-14(15)18)11-19-17(4,5)6/h8-10,19H,11-12H2,1-7H3. The van der Waals surface area contributed by atoms with Crippen LogP contribution < -0.4 is 10.2 Å². The first-order valence-electron chi connectivity index (χ1n) is 7.22. The van der Waals surface area contributed by atoms with Crippen molar-refractivity contribution in [3.63, 3.8) is 0 Å². The lowest BCUT2D eigenvalue weighted by atomic mass is 9.96. The minimum Gasteiger partial charge on any atom is -0.373 e. The molecule has 0 unspecified atom stereocenters. The SMILES string of the molecule is CN(CC(C)(C)C)c1ccc(CNC(C)(C)C)cc1Br. The fraction of sp³-hybridized carbons (Fsp3) is 0.647. The molecule has 0 aliphatic heterocycles. The van der Waals surface area contributed by atoms with E-state index in [4.69, 9.17) is 0 Å². The van der Waals surface area contributed by atoms with Gasteiger partial charge in [-0.1, -0.05) is 26.8 Å². The Hall–Kier alpha value is -0.540. The Morgan fingerprint density at radius 3 is 2.15 bits per heavy atom. The third-order valence-corrected chi connectivity index (χ3v) is 3.59. The van der Waals surface area contributed by atoms with Crippen LogP contribution in [0.5, 0.6) is 0 Å². The Bertz CT molecular complexity index is 441. The fourth-order valence-corrected chi connectivity index (χ4v) is 2.86. The lowest BCUT2D eigenvalue weighted by molar-refractivity contribution is 0.418. The summed E-state index contributed by atoms with van der Waals surface area (Å²) in [5, 5.41) is 3.52. The van der Waals surface area contributed by atoms with E-state index in [1.54, 1.807) is 0 Å². The number of hydrogen-bond acceptors (Lipinski definition) is 2. The second-order valence-electron chi connectivity index (χ2n) is 7.81. The smallest absolute Gasteiger partial charge is 0.0508 e. The summed E-state index contributed by atoms with van der Waals surface area (Å²) in [5.41, 5.74) is 2.99. The summed E-state index contributed by atoms with van der Waals surface area (Å²) in [6, 6.07) is 6.63. The quantitative estimate of drug-likeness (QED) is 0.845. The van der Waals surface area contributed by atoms with E-state index in [1.165, 1.54) is 11.3 Å². The van der Waals surface area contributed by atoms with Gasteiger partial charge in [-0.25, -0.2) is 0 Å². The van der Waals surface area contributed by atoms with Gasteiger partial charge in [-0.3, -0.25) is 0 Å². The largest absolute Gasteiger partial charge is 0.373 e. The number of nitrogens with one attached hydrogen (secondary N) is 1. The minimum absolute atomic E-state index is 0.147. The van der Waals surface area contributed by atoms with E-state index in [1.807, 2.05) is 0 Å².